The first-order valence-corrected chi connectivity index (χ1v) is 10.3. The molecule has 0 aromatic carbocycles. The number of likely N-dealkylation sites (tertiary alicyclic amines) is 1. The Morgan fingerprint density at radius 3 is 2.68 bits per heavy atom. The molecule has 2 saturated heterocycles. The first-order chi connectivity index (χ1) is 10.5. The van der Waals surface area contributed by atoms with Crippen molar-refractivity contribution in [1.29, 1.82) is 0 Å². The molecular weight excluding hydrogens is 320 g/mol. The highest BCUT2D eigenvalue weighted by atomic mass is 32.2. The van der Waals surface area contributed by atoms with Gasteiger partial charge in [0.25, 0.3) is 0 Å². The molecule has 0 bridgehead atoms. The number of nitrogens with zero attached hydrogens (tertiary/aromatic N) is 1. The van der Waals surface area contributed by atoms with Crippen molar-refractivity contribution in [2.45, 2.75) is 55.1 Å². The molecule has 1 N–H and O–H groups in total. The van der Waals surface area contributed by atoms with Crippen LogP contribution in [0.2, 0.25) is 0 Å². The predicted octanol–water partition coefficient (Wildman–Crippen LogP) is 2.06. The molecule has 22 heavy (non-hydrogen) atoms. The molecule has 0 saturated carbocycles. The van der Waals surface area contributed by atoms with Gasteiger partial charge in [-0.05, 0) is 57.1 Å². The second-order valence-corrected chi connectivity index (χ2v) is 9.16. The van der Waals surface area contributed by atoms with Crippen molar-refractivity contribution in [1.82, 2.24) is 9.62 Å². The highest BCUT2D eigenvalue weighted by molar-refractivity contribution is 7.91. The zero-order valence-electron chi connectivity index (χ0n) is 12.9. The second kappa shape index (κ2) is 6.97. The van der Waals surface area contributed by atoms with Crippen molar-refractivity contribution in [2.24, 2.45) is 0 Å². The predicted molar refractivity (Wildman–Crippen MR) is 87.7 cm³/mol. The Hall–Kier alpha value is -0.470. The smallest absolute Gasteiger partial charge is 0.250 e. The monoisotopic (exact) mass is 344 g/mol. The molecule has 2 aliphatic heterocycles. The van der Waals surface area contributed by atoms with E-state index < -0.39 is 10.0 Å². The topological polar surface area (TPSA) is 58.6 Å². The van der Waals surface area contributed by atoms with Crippen molar-refractivity contribution in [2.75, 3.05) is 19.6 Å². The van der Waals surface area contributed by atoms with Crippen LogP contribution in [0, 0.1) is 0 Å². The van der Waals surface area contributed by atoms with Crippen molar-refractivity contribution in [3.05, 3.63) is 17.5 Å². The first kappa shape index (κ1) is 16.4. The number of ether oxygens (including phenoxy) is 1. The van der Waals surface area contributed by atoms with Crippen LogP contribution in [0.5, 0.6) is 0 Å². The third kappa shape index (κ3) is 4.08. The number of piperidine rings is 1. The number of sulfonamides is 1. The summed E-state index contributed by atoms with van der Waals surface area (Å²) in [6.07, 6.45) is 4.78. The van der Waals surface area contributed by atoms with Crippen LogP contribution in [0.25, 0.3) is 0 Å². The zero-order valence-corrected chi connectivity index (χ0v) is 14.5. The lowest BCUT2D eigenvalue weighted by Gasteiger charge is -2.33. The van der Waals surface area contributed by atoms with Crippen LogP contribution in [0.3, 0.4) is 0 Å². The van der Waals surface area contributed by atoms with E-state index in [1.807, 2.05) is 0 Å². The van der Waals surface area contributed by atoms with E-state index in [9.17, 15) is 8.42 Å². The summed E-state index contributed by atoms with van der Waals surface area (Å²) in [5.74, 6) is 0. The molecule has 2 fully saturated rings. The number of thiophene rings is 1. The molecule has 1 aromatic rings. The van der Waals surface area contributed by atoms with Gasteiger partial charge in [-0.2, -0.15) is 0 Å². The van der Waals surface area contributed by atoms with E-state index in [1.165, 1.54) is 11.3 Å². The van der Waals surface area contributed by atoms with Gasteiger partial charge in [0, 0.05) is 12.6 Å². The lowest BCUT2D eigenvalue weighted by Crippen LogP contribution is -2.46. The van der Waals surface area contributed by atoms with Gasteiger partial charge >= 0.3 is 0 Å². The van der Waals surface area contributed by atoms with E-state index in [0.29, 0.717) is 16.4 Å². The van der Waals surface area contributed by atoms with Crippen molar-refractivity contribution in [3.63, 3.8) is 0 Å². The van der Waals surface area contributed by atoms with Gasteiger partial charge in [0.1, 0.15) is 4.21 Å². The third-order valence-electron chi connectivity index (χ3n) is 4.45. The van der Waals surface area contributed by atoms with Gasteiger partial charge in [0.2, 0.25) is 10.0 Å². The van der Waals surface area contributed by atoms with Gasteiger partial charge in [-0.3, -0.25) is 0 Å². The van der Waals surface area contributed by atoms with Gasteiger partial charge in [-0.15, -0.1) is 11.3 Å². The van der Waals surface area contributed by atoms with Gasteiger partial charge in [-0.25, -0.2) is 13.1 Å². The van der Waals surface area contributed by atoms with E-state index in [-0.39, 0.29) is 6.04 Å². The van der Waals surface area contributed by atoms with Crippen LogP contribution in [0.4, 0.5) is 0 Å². The van der Waals surface area contributed by atoms with Crippen molar-refractivity contribution >= 4 is 21.4 Å². The molecule has 2 aliphatic rings. The van der Waals surface area contributed by atoms with Crippen LogP contribution in [-0.2, 0) is 14.8 Å². The molecule has 2 atom stereocenters. The highest BCUT2D eigenvalue weighted by Crippen LogP contribution is 2.22. The molecule has 0 spiro atoms. The second-order valence-electron chi connectivity index (χ2n) is 6.27. The summed E-state index contributed by atoms with van der Waals surface area (Å²) in [7, 11) is -3.34. The molecular formula is C15H24N2O3S2. The molecule has 0 aliphatic carbocycles. The molecule has 0 radical (unpaired) electrons. The quantitative estimate of drug-likeness (QED) is 0.888. The fourth-order valence-electron chi connectivity index (χ4n) is 3.23. The van der Waals surface area contributed by atoms with Crippen LogP contribution >= 0.6 is 11.3 Å². The van der Waals surface area contributed by atoms with Crippen molar-refractivity contribution < 1.29 is 13.2 Å². The zero-order chi connectivity index (χ0) is 15.6. The van der Waals surface area contributed by atoms with E-state index in [1.54, 1.807) is 17.5 Å². The SMILES string of the molecule is C[C@@H]1CC[C@H](CN2CCC(NS(=O)(=O)c3cccs3)CC2)O1. The Morgan fingerprint density at radius 2 is 2.09 bits per heavy atom. The first-order valence-electron chi connectivity index (χ1n) is 7.96. The van der Waals surface area contributed by atoms with E-state index in [2.05, 4.69) is 16.5 Å². The summed E-state index contributed by atoms with van der Waals surface area (Å²) < 4.78 is 33.6. The summed E-state index contributed by atoms with van der Waals surface area (Å²) >= 11 is 1.26. The molecule has 3 heterocycles. The summed E-state index contributed by atoms with van der Waals surface area (Å²) in [4.78, 5) is 2.40. The largest absolute Gasteiger partial charge is 0.374 e. The molecule has 0 unspecified atom stereocenters. The van der Waals surface area contributed by atoms with E-state index in [0.717, 1.165) is 45.3 Å². The van der Waals surface area contributed by atoms with Gasteiger partial charge < -0.3 is 9.64 Å². The average molecular weight is 345 g/mol. The number of rotatable bonds is 5. The highest BCUT2D eigenvalue weighted by Gasteiger charge is 2.28. The van der Waals surface area contributed by atoms with Crippen molar-refractivity contribution in [3.8, 4) is 0 Å². The van der Waals surface area contributed by atoms with Crippen LogP contribution in [0.1, 0.15) is 32.6 Å². The molecule has 7 heteroatoms. The standard InChI is InChI=1S/C15H24N2O3S2/c1-12-4-5-14(20-12)11-17-8-6-13(7-9-17)16-22(18,19)15-3-2-10-21-15/h2-3,10,12-14,16H,4-9,11H2,1H3/t12-,14-/m1/s1. The van der Waals surface area contributed by atoms with Crippen LogP contribution < -0.4 is 4.72 Å². The molecule has 1 aromatic heterocycles. The minimum atomic E-state index is -3.34. The van der Waals surface area contributed by atoms with Gasteiger partial charge in [0.05, 0.1) is 12.2 Å². The number of hydrogen-bond acceptors (Lipinski definition) is 5. The fourth-order valence-corrected chi connectivity index (χ4v) is 5.55. The Morgan fingerprint density at radius 1 is 1.32 bits per heavy atom. The van der Waals surface area contributed by atoms with Crippen LogP contribution in [0.15, 0.2) is 21.7 Å². The number of nitrogens with one attached hydrogen (secondary N) is 1. The lowest BCUT2D eigenvalue weighted by atomic mass is 10.1. The maximum absolute atomic E-state index is 12.2. The average Bonchev–Trinajstić information content (AvgIpc) is 3.13. The maximum Gasteiger partial charge on any atom is 0.250 e. The normalized spacial score (nSPS) is 28.2. The van der Waals surface area contributed by atoms with Gasteiger partial charge in [0.15, 0.2) is 0 Å². The fraction of sp³-hybridized carbons (Fsp3) is 0.733. The summed E-state index contributed by atoms with van der Waals surface area (Å²) in [6, 6.07) is 3.47. The third-order valence-corrected chi connectivity index (χ3v) is 7.37. The molecule has 3 rings (SSSR count). The minimum Gasteiger partial charge on any atom is -0.374 e. The maximum atomic E-state index is 12.2. The Kier molecular flexibility index (Phi) is 5.19. The summed E-state index contributed by atoms with van der Waals surface area (Å²) in [5.41, 5.74) is 0. The van der Waals surface area contributed by atoms with E-state index >= 15 is 0 Å². The van der Waals surface area contributed by atoms with Crippen LogP contribution in [-0.4, -0.2) is 51.2 Å². The summed E-state index contributed by atoms with van der Waals surface area (Å²) in [6.45, 7) is 4.98. The molecule has 0 amide bonds. The lowest BCUT2D eigenvalue weighted by molar-refractivity contribution is 0.0261. The molecule has 5 nitrogen and oxygen atoms in total. The van der Waals surface area contributed by atoms with Gasteiger partial charge in [-0.1, -0.05) is 6.07 Å². The molecule has 124 valence electrons. The number of hydrogen-bond donors (Lipinski definition) is 1. The Bertz CT molecular complexity index is 566. The minimum absolute atomic E-state index is 0.0479. The van der Waals surface area contributed by atoms with E-state index in [4.69, 9.17) is 4.74 Å². The Labute approximate surface area is 136 Å². The summed E-state index contributed by atoms with van der Waals surface area (Å²) in [5, 5.41) is 1.79. The Balaban J connectivity index is 1.46.